The fourth-order valence-electron chi connectivity index (χ4n) is 1.80. The van der Waals surface area contributed by atoms with E-state index in [4.69, 9.17) is 9.94 Å². The Kier molecular flexibility index (Phi) is 7.15. The Morgan fingerprint density at radius 2 is 2.00 bits per heavy atom. The van der Waals surface area contributed by atoms with Crippen LogP contribution in [0.4, 0.5) is 0 Å². The van der Waals surface area contributed by atoms with Crippen LogP contribution in [-0.2, 0) is 16.0 Å². The normalized spacial score (nSPS) is 12.4. The third-order valence-electron chi connectivity index (χ3n) is 2.89. The van der Waals surface area contributed by atoms with Gasteiger partial charge in [-0.1, -0.05) is 44.2 Å². The van der Waals surface area contributed by atoms with Gasteiger partial charge in [-0.2, -0.15) is 5.48 Å². The van der Waals surface area contributed by atoms with Crippen LogP contribution in [0.15, 0.2) is 30.3 Å². The molecule has 0 saturated heterocycles. The third-order valence-corrected chi connectivity index (χ3v) is 2.89. The van der Waals surface area contributed by atoms with Gasteiger partial charge in [0.25, 0.3) is 0 Å². The van der Waals surface area contributed by atoms with Gasteiger partial charge in [-0.3, -0.25) is 4.79 Å². The lowest BCUT2D eigenvalue weighted by atomic mass is 10.1. The topological polar surface area (TPSA) is 58.6 Å². The number of benzene rings is 1. The number of hydroxylamine groups is 1. The minimum atomic E-state index is -0.707. The Bertz CT molecular complexity index is 365. The number of esters is 1. The molecule has 0 radical (unpaired) electrons. The smallest absolute Gasteiger partial charge is 0.325 e. The largest absolute Gasteiger partial charge is 0.464 e. The molecule has 1 aromatic carbocycles. The van der Waals surface area contributed by atoms with Crippen molar-refractivity contribution in [2.24, 2.45) is 5.92 Å². The monoisotopic (exact) mass is 265 g/mol. The summed E-state index contributed by atoms with van der Waals surface area (Å²) < 4.78 is 5.16. The van der Waals surface area contributed by atoms with Crippen molar-refractivity contribution in [1.82, 2.24) is 5.48 Å². The van der Waals surface area contributed by atoms with Crippen LogP contribution in [0.25, 0.3) is 0 Å². The minimum absolute atomic E-state index is 0.407. The molecule has 0 aromatic heterocycles. The zero-order valence-corrected chi connectivity index (χ0v) is 11.6. The lowest BCUT2D eigenvalue weighted by molar-refractivity contribution is -0.149. The average molecular weight is 265 g/mol. The number of hydrogen-bond donors (Lipinski definition) is 2. The van der Waals surface area contributed by atoms with Crippen LogP contribution in [0.1, 0.15) is 32.3 Å². The van der Waals surface area contributed by atoms with Gasteiger partial charge in [0.05, 0.1) is 6.61 Å². The lowest BCUT2D eigenvalue weighted by Gasteiger charge is -2.14. The zero-order valence-electron chi connectivity index (χ0n) is 11.6. The van der Waals surface area contributed by atoms with E-state index >= 15 is 0 Å². The van der Waals surface area contributed by atoms with Crippen LogP contribution in [0, 0.1) is 5.92 Å². The Hall–Kier alpha value is -1.39. The van der Waals surface area contributed by atoms with Gasteiger partial charge in [0.15, 0.2) is 0 Å². The third kappa shape index (κ3) is 6.36. The van der Waals surface area contributed by atoms with E-state index in [1.807, 2.05) is 35.8 Å². The van der Waals surface area contributed by atoms with Crippen molar-refractivity contribution in [3.8, 4) is 0 Å². The molecule has 0 fully saturated rings. The molecule has 4 heteroatoms. The summed E-state index contributed by atoms with van der Waals surface area (Å²) in [5, 5.41) is 9.05. The summed E-state index contributed by atoms with van der Waals surface area (Å²) in [5.41, 5.74) is 3.01. The lowest BCUT2D eigenvalue weighted by Crippen LogP contribution is -2.38. The van der Waals surface area contributed by atoms with Crippen LogP contribution in [0.3, 0.4) is 0 Å². The van der Waals surface area contributed by atoms with Gasteiger partial charge < -0.3 is 9.94 Å². The second-order valence-electron chi connectivity index (χ2n) is 5.07. The van der Waals surface area contributed by atoms with Crippen molar-refractivity contribution < 1.29 is 14.7 Å². The Balaban J connectivity index is 2.35. The molecule has 2 N–H and O–H groups in total. The highest BCUT2D eigenvalue weighted by molar-refractivity contribution is 5.76. The van der Waals surface area contributed by atoms with Gasteiger partial charge in [0, 0.05) is 6.42 Å². The molecule has 0 saturated carbocycles. The first-order valence-corrected chi connectivity index (χ1v) is 6.73. The van der Waals surface area contributed by atoms with Crippen LogP contribution < -0.4 is 5.48 Å². The highest BCUT2D eigenvalue weighted by Crippen LogP contribution is 2.06. The average Bonchev–Trinajstić information content (AvgIpc) is 2.41. The van der Waals surface area contributed by atoms with E-state index in [0.29, 0.717) is 18.9 Å². The van der Waals surface area contributed by atoms with Crippen LogP contribution in [0.2, 0.25) is 0 Å². The molecule has 0 spiro atoms. The van der Waals surface area contributed by atoms with Gasteiger partial charge >= 0.3 is 5.97 Å². The summed E-state index contributed by atoms with van der Waals surface area (Å²) in [6.07, 6.45) is 2.30. The van der Waals surface area contributed by atoms with Gasteiger partial charge in [-0.05, 0) is 24.3 Å². The van der Waals surface area contributed by atoms with Crippen LogP contribution in [0.5, 0.6) is 0 Å². The second-order valence-corrected chi connectivity index (χ2v) is 5.07. The summed E-state index contributed by atoms with van der Waals surface area (Å²) in [7, 11) is 0. The molecule has 19 heavy (non-hydrogen) atoms. The molecule has 0 unspecified atom stereocenters. The number of rotatable bonds is 8. The Morgan fingerprint density at radius 3 is 2.58 bits per heavy atom. The molecular weight excluding hydrogens is 242 g/mol. The number of hydrogen-bond acceptors (Lipinski definition) is 4. The number of nitrogens with one attached hydrogen (secondary N) is 1. The van der Waals surface area contributed by atoms with Crippen molar-refractivity contribution in [2.75, 3.05) is 6.61 Å². The van der Waals surface area contributed by atoms with E-state index in [-0.39, 0.29) is 0 Å². The maximum Gasteiger partial charge on any atom is 0.325 e. The van der Waals surface area contributed by atoms with Crippen molar-refractivity contribution in [2.45, 2.75) is 39.2 Å². The summed E-state index contributed by atoms with van der Waals surface area (Å²) in [4.78, 5) is 11.8. The predicted molar refractivity (Wildman–Crippen MR) is 73.9 cm³/mol. The highest BCUT2D eigenvalue weighted by atomic mass is 16.5. The van der Waals surface area contributed by atoms with E-state index in [0.717, 1.165) is 18.4 Å². The molecule has 106 valence electrons. The maximum atomic E-state index is 11.8. The molecule has 0 aliphatic carbocycles. The van der Waals surface area contributed by atoms with Crippen molar-refractivity contribution >= 4 is 5.97 Å². The molecule has 1 rings (SSSR count). The standard InChI is InChI=1S/C15H23NO3/c1-12(2)7-6-10-19-15(17)14(16-18)11-13-8-4-3-5-9-13/h3-5,8-9,12,14,16,18H,6-7,10-11H2,1-2H3/t14-/m0/s1. The van der Waals surface area contributed by atoms with E-state index < -0.39 is 12.0 Å². The SMILES string of the molecule is CC(C)CCCOC(=O)[C@H](Cc1ccccc1)NO. The summed E-state index contributed by atoms with van der Waals surface area (Å²) >= 11 is 0. The quantitative estimate of drug-likeness (QED) is 0.431. The summed E-state index contributed by atoms with van der Waals surface area (Å²) in [5.74, 6) is 0.199. The van der Waals surface area contributed by atoms with Crippen LogP contribution in [-0.4, -0.2) is 23.8 Å². The minimum Gasteiger partial charge on any atom is -0.464 e. The first-order chi connectivity index (χ1) is 9.13. The molecule has 4 nitrogen and oxygen atoms in total. The molecule has 1 aromatic rings. The number of carbonyl (C=O) groups excluding carboxylic acids is 1. The molecule has 0 aliphatic rings. The van der Waals surface area contributed by atoms with Crippen molar-refractivity contribution in [1.29, 1.82) is 0 Å². The van der Waals surface area contributed by atoms with Crippen LogP contribution >= 0.6 is 0 Å². The van der Waals surface area contributed by atoms with E-state index in [1.54, 1.807) is 0 Å². The van der Waals surface area contributed by atoms with Crippen molar-refractivity contribution in [3.63, 3.8) is 0 Å². The van der Waals surface area contributed by atoms with Gasteiger partial charge in [-0.15, -0.1) is 0 Å². The molecular formula is C15H23NO3. The van der Waals surface area contributed by atoms with Gasteiger partial charge in [-0.25, -0.2) is 0 Å². The number of ether oxygens (including phenoxy) is 1. The van der Waals surface area contributed by atoms with Crippen molar-refractivity contribution in [3.05, 3.63) is 35.9 Å². The van der Waals surface area contributed by atoms with Gasteiger partial charge in [0.2, 0.25) is 0 Å². The molecule has 0 aliphatic heterocycles. The summed E-state index contributed by atoms with van der Waals surface area (Å²) in [6.45, 7) is 4.68. The van der Waals surface area contributed by atoms with E-state index in [2.05, 4.69) is 13.8 Å². The molecule has 0 bridgehead atoms. The Labute approximate surface area is 114 Å². The van der Waals surface area contributed by atoms with Gasteiger partial charge in [0.1, 0.15) is 6.04 Å². The second kappa shape index (κ2) is 8.67. The molecule has 1 atom stereocenters. The maximum absolute atomic E-state index is 11.8. The highest BCUT2D eigenvalue weighted by Gasteiger charge is 2.19. The Morgan fingerprint density at radius 1 is 1.32 bits per heavy atom. The molecule has 0 heterocycles. The van der Waals surface area contributed by atoms with E-state index in [9.17, 15) is 4.79 Å². The first-order valence-electron chi connectivity index (χ1n) is 6.73. The fourth-order valence-corrected chi connectivity index (χ4v) is 1.80. The first kappa shape index (κ1) is 15.7. The summed E-state index contributed by atoms with van der Waals surface area (Å²) in [6, 6.07) is 8.83. The predicted octanol–water partition coefficient (Wildman–Crippen LogP) is 2.56. The fraction of sp³-hybridized carbons (Fsp3) is 0.533. The number of carbonyl (C=O) groups is 1. The zero-order chi connectivity index (χ0) is 14.1. The molecule has 0 amide bonds. The van der Waals surface area contributed by atoms with E-state index in [1.165, 1.54) is 0 Å².